The van der Waals surface area contributed by atoms with Gasteiger partial charge in [0.05, 0.1) is 29.9 Å². The number of esters is 1. The number of methoxy groups -OCH3 is 1. The third-order valence-corrected chi connectivity index (χ3v) is 11.1. The Morgan fingerprint density at radius 2 is 0.951 bits per heavy atom. The van der Waals surface area contributed by atoms with Crippen molar-refractivity contribution in [1.82, 2.24) is 4.57 Å². The molecule has 1 aliphatic carbocycles. The molecule has 0 spiro atoms. The number of para-hydroxylation sites is 6. The molecule has 9 rings (SSSR count). The number of carbonyl (C=O) groups excluding carboxylic acids is 1. The number of benzene rings is 7. The van der Waals surface area contributed by atoms with Gasteiger partial charge in [-0.15, -0.1) is 0 Å². The zero-order valence-corrected chi connectivity index (χ0v) is 34.0. The zero-order valence-electron chi connectivity index (χ0n) is 34.0. The molecule has 0 aliphatic heterocycles. The lowest BCUT2D eigenvalue weighted by Crippen LogP contribution is -2.22. The van der Waals surface area contributed by atoms with Crippen LogP contribution in [0.2, 0.25) is 0 Å². The van der Waals surface area contributed by atoms with Gasteiger partial charge in [-0.1, -0.05) is 128 Å². The van der Waals surface area contributed by atoms with Gasteiger partial charge in [-0.3, -0.25) is 0 Å². The van der Waals surface area contributed by atoms with Gasteiger partial charge in [0.1, 0.15) is 17.3 Å². The fraction of sp³-hybridized carbons (Fsp3) is 0.0741. The lowest BCUT2D eigenvalue weighted by Gasteiger charge is -2.38. The molecule has 7 heteroatoms. The van der Waals surface area contributed by atoms with Crippen LogP contribution >= 0.6 is 0 Å². The highest BCUT2D eigenvalue weighted by Crippen LogP contribution is 2.54. The van der Waals surface area contributed by atoms with Crippen molar-refractivity contribution in [3.63, 3.8) is 0 Å². The average Bonchev–Trinajstić information content (AvgIpc) is 3.67. The monoisotopic (exact) mass is 793 g/mol. The van der Waals surface area contributed by atoms with E-state index in [0.717, 1.165) is 63.3 Å². The normalized spacial score (nSPS) is 12.8. The molecule has 0 saturated carbocycles. The van der Waals surface area contributed by atoms with Crippen molar-refractivity contribution in [3.8, 4) is 11.8 Å². The van der Waals surface area contributed by atoms with Crippen molar-refractivity contribution in [2.24, 2.45) is 0 Å². The molecule has 61 heavy (non-hydrogen) atoms. The summed E-state index contributed by atoms with van der Waals surface area (Å²) in [6.07, 6.45) is 4.78. The summed E-state index contributed by atoms with van der Waals surface area (Å²) in [7, 11) is 1.37. The van der Waals surface area contributed by atoms with Crippen LogP contribution in [0.5, 0.6) is 0 Å². The van der Waals surface area contributed by atoms with Gasteiger partial charge in [0, 0.05) is 51.3 Å². The van der Waals surface area contributed by atoms with E-state index >= 15 is 0 Å². The molecule has 0 radical (unpaired) electrons. The maximum absolute atomic E-state index is 13.7. The number of anilines is 9. The zero-order chi connectivity index (χ0) is 41.7. The highest BCUT2D eigenvalue weighted by molar-refractivity contribution is 6.03. The van der Waals surface area contributed by atoms with Crippen LogP contribution in [0.3, 0.4) is 0 Å². The van der Waals surface area contributed by atoms with Crippen LogP contribution in [0.15, 0.2) is 200 Å². The average molecular weight is 794 g/mol. The molecule has 7 nitrogen and oxygen atoms in total. The third-order valence-electron chi connectivity index (χ3n) is 11.1. The first kappa shape index (κ1) is 38.4. The summed E-state index contributed by atoms with van der Waals surface area (Å²) in [5.41, 5.74) is 11.0. The van der Waals surface area contributed by atoms with E-state index < -0.39 is 5.97 Å². The summed E-state index contributed by atoms with van der Waals surface area (Å²) >= 11 is 0. The summed E-state index contributed by atoms with van der Waals surface area (Å²) in [6, 6.07) is 69.1. The first-order valence-electron chi connectivity index (χ1n) is 20.4. The van der Waals surface area contributed by atoms with Gasteiger partial charge in [-0.25, -0.2) is 4.79 Å². The van der Waals surface area contributed by atoms with E-state index in [1.807, 2.05) is 47.0 Å². The number of rotatable bonds is 11. The number of allylic oxidation sites excluding steroid dienone is 1. The maximum Gasteiger partial charge on any atom is 0.341 e. The lowest BCUT2D eigenvalue weighted by molar-refractivity contribution is 0.0600. The van der Waals surface area contributed by atoms with Gasteiger partial charge in [-0.2, -0.15) is 5.26 Å². The molecule has 0 saturated heterocycles. The smallest absolute Gasteiger partial charge is 0.341 e. The third kappa shape index (κ3) is 7.21. The molecule has 8 aromatic rings. The van der Waals surface area contributed by atoms with Crippen molar-refractivity contribution in [3.05, 3.63) is 223 Å². The molecule has 0 bridgehead atoms. The molecule has 1 aliphatic rings. The summed E-state index contributed by atoms with van der Waals surface area (Å²) in [6.45, 7) is 2.14. The highest BCUT2D eigenvalue weighted by Gasteiger charge is 2.35. The summed E-state index contributed by atoms with van der Waals surface area (Å²) < 4.78 is 7.36. The molecule has 0 N–H and O–H groups in total. The van der Waals surface area contributed by atoms with E-state index in [1.54, 1.807) is 0 Å². The van der Waals surface area contributed by atoms with Crippen molar-refractivity contribution in [2.45, 2.75) is 19.3 Å². The van der Waals surface area contributed by atoms with Crippen molar-refractivity contribution in [1.29, 1.82) is 5.26 Å². The Bertz CT molecular complexity index is 2630. The molecule has 1 unspecified atom stereocenters. The second kappa shape index (κ2) is 17.0. The van der Waals surface area contributed by atoms with Gasteiger partial charge in [0.25, 0.3) is 0 Å². The second-order valence-corrected chi connectivity index (χ2v) is 14.9. The first-order valence-corrected chi connectivity index (χ1v) is 20.4. The van der Waals surface area contributed by atoms with E-state index in [-0.39, 0.29) is 17.2 Å². The Morgan fingerprint density at radius 3 is 1.30 bits per heavy atom. The minimum atomic E-state index is -0.549. The Hall–Kier alpha value is -8.08. The SMILES string of the molecule is COC(=O)c1c2c(n(-c3cc(N(c4ccccc4)c4ccccc4)c(N(c4ccccc4)c4ccccc4)c(N(c4ccccc4)c4ccccc4)c3)c1C#N)C(C)CC=C2. The Morgan fingerprint density at radius 1 is 0.590 bits per heavy atom. The van der Waals surface area contributed by atoms with Gasteiger partial charge in [0.15, 0.2) is 0 Å². The fourth-order valence-corrected chi connectivity index (χ4v) is 8.46. The largest absolute Gasteiger partial charge is 0.465 e. The van der Waals surface area contributed by atoms with Gasteiger partial charge in [0.2, 0.25) is 0 Å². The number of aromatic nitrogens is 1. The van der Waals surface area contributed by atoms with E-state index in [1.165, 1.54) is 7.11 Å². The van der Waals surface area contributed by atoms with Crippen LogP contribution in [-0.2, 0) is 4.74 Å². The highest BCUT2D eigenvalue weighted by atomic mass is 16.5. The number of carbonyl (C=O) groups is 1. The predicted octanol–water partition coefficient (Wildman–Crippen LogP) is 14.1. The molecule has 296 valence electrons. The van der Waals surface area contributed by atoms with Gasteiger partial charge >= 0.3 is 5.97 Å². The van der Waals surface area contributed by atoms with Gasteiger partial charge in [-0.05, 0) is 91.3 Å². The molecular formula is C54H43N5O2. The van der Waals surface area contributed by atoms with Crippen LogP contribution in [0.4, 0.5) is 51.2 Å². The molecule has 0 amide bonds. The molecule has 1 aromatic heterocycles. The Kier molecular flexibility index (Phi) is 10.7. The number of fused-ring (bicyclic) bond motifs is 1. The fourth-order valence-electron chi connectivity index (χ4n) is 8.46. The van der Waals surface area contributed by atoms with E-state index in [4.69, 9.17) is 4.74 Å². The minimum Gasteiger partial charge on any atom is -0.465 e. The topological polar surface area (TPSA) is 64.7 Å². The Balaban J connectivity index is 1.52. The number of hydrogen-bond acceptors (Lipinski definition) is 6. The maximum atomic E-state index is 13.7. The standard InChI is InChI=1S/C54H43N5O2/c1-39-22-21-35-47-51(54(60)61-2)50(38-55)59(52(39)47)46-36-48(56(40-23-9-3-10-24-40)41-25-11-4-12-26-41)53(58(44-31-17-7-18-32-44)45-33-19-8-20-34-45)49(37-46)57(42-27-13-5-14-28-42)43-29-15-6-16-30-43/h3-21,23-37,39H,22H2,1-2H3. The number of nitriles is 1. The summed E-state index contributed by atoms with van der Waals surface area (Å²) in [5.74, 6) is -0.562. The molecule has 1 atom stereocenters. The van der Waals surface area contributed by atoms with Crippen molar-refractivity contribution in [2.75, 3.05) is 21.8 Å². The van der Waals surface area contributed by atoms with Crippen LogP contribution in [0.1, 0.15) is 46.6 Å². The first-order chi connectivity index (χ1) is 30.1. The minimum absolute atomic E-state index is 0.0130. The predicted molar refractivity (Wildman–Crippen MR) is 248 cm³/mol. The van der Waals surface area contributed by atoms with E-state index in [0.29, 0.717) is 11.3 Å². The van der Waals surface area contributed by atoms with E-state index in [2.05, 4.69) is 191 Å². The quantitative estimate of drug-likeness (QED) is 0.122. The van der Waals surface area contributed by atoms with Crippen LogP contribution in [-0.4, -0.2) is 17.6 Å². The van der Waals surface area contributed by atoms with Gasteiger partial charge < -0.3 is 24.0 Å². The van der Waals surface area contributed by atoms with E-state index in [9.17, 15) is 10.1 Å². The summed E-state index contributed by atoms with van der Waals surface area (Å²) in [4.78, 5) is 20.6. The number of hydrogen-bond donors (Lipinski definition) is 0. The second-order valence-electron chi connectivity index (χ2n) is 14.9. The van der Waals surface area contributed by atoms with Crippen LogP contribution in [0, 0.1) is 11.3 Å². The Labute approximate surface area is 356 Å². The lowest BCUT2D eigenvalue weighted by atomic mass is 9.92. The molecule has 1 heterocycles. The van der Waals surface area contributed by atoms with Crippen molar-refractivity contribution < 1.29 is 9.53 Å². The van der Waals surface area contributed by atoms with Crippen molar-refractivity contribution >= 4 is 63.2 Å². The number of nitrogens with zero attached hydrogens (tertiary/aromatic N) is 5. The van der Waals surface area contributed by atoms with Crippen LogP contribution in [0.25, 0.3) is 11.8 Å². The molecular weight excluding hydrogens is 751 g/mol. The number of ether oxygens (including phenoxy) is 1. The molecule has 7 aromatic carbocycles. The summed E-state index contributed by atoms with van der Waals surface area (Å²) in [5, 5.41) is 11.1. The van der Waals surface area contributed by atoms with Crippen LogP contribution < -0.4 is 14.7 Å². The molecule has 0 fully saturated rings.